The lowest BCUT2D eigenvalue weighted by Gasteiger charge is -2.33. The van der Waals surface area contributed by atoms with E-state index in [0.717, 1.165) is 17.3 Å². The molecule has 0 aromatic rings. The molecule has 0 aromatic carbocycles. The lowest BCUT2D eigenvalue weighted by Crippen LogP contribution is -2.27. The average Bonchev–Trinajstić information content (AvgIpc) is 2.40. The summed E-state index contributed by atoms with van der Waals surface area (Å²) in [6.07, 6.45) is 9.21. The number of rotatable bonds is 3. The zero-order valence-corrected chi connectivity index (χ0v) is 12.4. The monoisotopic (exact) mass is 404 g/mol. The van der Waals surface area contributed by atoms with Gasteiger partial charge in [0.2, 0.25) is 0 Å². The van der Waals surface area contributed by atoms with Crippen LogP contribution < -0.4 is 0 Å². The van der Waals surface area contributed by atoms with E-state index in [4.69, 9.17) is 0 Å². The Morgan fingerprint density at radius 1 is 1.23 bits per heavy atom. The highest BCUT2D eigenvalue weighted by atomic mass is 127. The van der Waals surface area contributed by atoms with Gasteiger partial charge in [-0.15, -0.1) is 0 Å². The third kappa shape index (κ3) is 2.04. The molecule has 0 spiro atoms. The maximum absolute atomic E-state index is 2.64. The van der Waals surface area contributed by atoms with Gasteiger partial charge in [0.15, 0.2) is 0 Å². The standard InChI is InChI=1S/C11H18I2/c12-5-4-11(8-13)7-9-2-1-3-10(11)6-9/h9-10H,1-8H2. The van der Waals surface area contributed by atoms with E-state index < -0.39 is 0 Å². The molecule has 0 amide bonds. The highest BCUT2D eigenvalue weighted by molar-refractivity contribution is 14.1. The zero-order chi connectivity index (χ0) is 9.31. The van der Waals surface area contributed by atoms with Crippen LogP contribution in [-0.4, -0.2) is 8.86 Å². The molecule has 0 N–H and O–H groups in total. The molecular formula is C11H18I2. The Bertz CT molecular complexity index is 181. The molecule has 0 aliphatic heterocycles. The minimum atomic E-state index is 0.767. The Kier molecular flexibility index (Phi) is 3.83. The van der Waals surface area contributed by atoms with Gasteiger partial charge < -0.3 is 0 Å². The normalized spacial score (nSPS) is 43.8. The quantitative estimate of drug-likeness (QED) is 0.482. The average molecular weight is 404 g/mol. The van der Waals surface area contributed by atoms with E-state index in [9.17, 15) is 0 Å². The molecule has 0 heterocycles. The number of halogens is 2. The second-order valence-electron chi connectivity index (χ2n) is 4.87. The van der Waals surface area contributed by atoms with E-state index in [-0.39, 0.29) is 0 Å². The van der Waals surface area contributed by atoms with Crippen LogP contribution in [0.4, 0.5) is 0 Å². The fourth-order valence-corrected chi connectivity index (χ4v) is 5.89. The lowest BCUT2D eigenvalue weighted by molar-refractivity contribution is 0.221. The third-order valence-corrected chi connectivity index (χ3v) is 6.26. The fourth-order valence-electron chi connectivity index (χ4n) is 3.50. The highest BCUT2D eigenvalue weighted by Crippen LogP contribution is 2.56. The first-order valence-corrected chi connectivity index (χ1v) is 8.48. The predicted molar refractivity (Wildman–Crippen MR) is 74.9 cm³/mol. The summed E-state index contributed by atoms with van der Waals surface area (Å²) in [7, 11) is 0. The second-order valence-corrected chi connectivity index (χ2v) is 6.71. The van der Waals surface area contributed by atoms with Gasteiger partial charge in [-0.25, -0.2) is 0 Å². The molecule has 0 radical (unpaired) electrons. The van der Waals surface area contributed by atoms with Crippen LogP contribution in [0.25, 0.3) is 0 Å². The first-order chi connectivity index (χ1) is 6.30. The highest BCUT2D eigenvalue weighted by Gasteiger charge is 2.47. The summed E-state index contributed by atoms with van der Waals surface area (Å²) in [5.41, 5.74) is 0.767. The van der Waals surface area contributed by atoms with Gasteiger partial charge >= 0.3 is 0 Å². The number of hydrogen-bond acceptors (Lipinski definition) is 0. The summed E-state index contributed by atoms with van der Waals surface area (Å²) in [5.74, 6) is 2.20. The van der Waals surface area contributed by atoms with Gasteiger partial charge in [0.25, 0.3) is 0 Å². The molecule has 76 valence electrons. The lowest BCUT2D eigenvalue weighted by atomic mass is 9.76. The number of alkyl halides is 2. The van der Waals surface area contributed by atoms with Crippen molar-refractivity contribution in [1.29, 1.82) is 0 Å². The van der Waals surface area contributed by atoms with Gasteiger partial charge in [0.05, 0.1) is 0 Å². The minimum Gasteiger partial charge on any atom is -0.0864 e. The molecular weight excluding hydrogens is 386 g/mol. The van der Waals surface area contributed by atoms with Crippen molar-refractivity contribution in [2.45, 2.75) is 38.5 Å². The molecule has 0 nitrogen and oxygen atoms in total. The smallest absolute Gasteiger partial charge is 0.00550 e. The molecule has 13 heavy (non-hydrogen) atoms. The van der Waals surface area contributed by atoms with Crippen molar-refractivity contribution in [3.63, 3.8) is 0 Å². The van der Waals surface area contributed by atoms with Crippen molar-refractivity contribution in [3.8, 4) is 0 Å². The van der Waals surface area contributed by atoms with Crippen molar-refractivity contribution in [1.82, 2.24) is 0 Å². The van der Waals surface area contributed by atoms with Gasteiger partial charge in [-0.1, -0.05) is 58.0 Å². The summed E-state index contributed by atoms with van der Waals surface area (Å²) in [6, 6.07) is 0. The molecule has 0 aromatic heterocycles. The Hall–Kier alpha value is 1.46. The van der Waals surface area contributed by atoms with Crippen LogP contribution in [0, 0.1) is 17.3 Å². The summed E-state index contributed by atoms with van der Waals surface area (Å²) >= 11 is 5.20. The van der Waals surface area contributed by atoms with Crippen LogP contribution >= 0.6 is 45.2 Å². The molecule has 3 atom stereocenters. The van der Waals surface area contributed by atoms with E-state index in [0.29, 0.717) is 0 Å². The van der Waals surface area contributed by atoms with Crippen molar-refractivity contribution in [2.24, 2.45) is 17.3 Å². The van der Waals surface area contributed by atoms with E-state index in [1.165, 1.54) is 34.5 Å². The first-order valence-electron chi connectivity index (χ1n) is 5.43. The molecule has 3 unspecified atom stereocenters. The molecule has 2 aliphatic carbocycles. The maximum Gasteiger partial charge on any atom is 0.00550 e. The first kappa shape index (κ1) is 11.0. The molecule has 2 fully saturated rings. The minimum absolute atomic E-state index is 0.767. The Morgan fingerprint density at radius 2 is 2.08 bits per heavy atom. The van der Waals surface area contributed by atoms with Crippen molar-refractivity contribution in [2.75, 3.05) is 8.86 Å². The summed E-state index contributed by atoms with van der Waals surface area (Å²) < 4.78 is 2.78. The number of fused-ring (bicyclic) bond motifs is 2. The van der Waals surface area contributed by atoms with Gasteiger partial charge in [0.1, 0.15) is 0 Å². The van der Waals surface area contributed by atoms with Crippen LogP contribution in [0.5, 0.6) is 0 Å². The SMILES string of the molecule is ICCC1(CI)CC2CCCC1C2. The Balaban J connectivity index is 2.11. The van der Waals surface area contributed by atoms with Crippen LogP contribution in [0.3, 0.4) is 0 Å². The van der Waals surface area contributed by atoms with Crippen molar-refractivity contribution >= 4 is 45.2 Å². The van der Waals surface area contributed by atoms with E-state index in [1.54, 1.807) is 12.8 Å². The number of hydrogen-bond donors (Lipinski definition) is 0. The molecule has 2 bridgehead atoms. The molecule has 0 saturated heterocycles. The van der Waals surface area contributed by atoms with Gasteiger partial charge in [-0.05, 0) is 42.9 Å². The summed E-state index contributed by atoms with van der Waals surface area (Å²) in [6.45, 7) is 0. The second kappa shape index (κ2) is 4.54. The van der Waals surface area contributed by atoms with Crippen LogP contribution in [0.2, 0.25) is 0 Å². The van der Waals surface area contributed by atoms with E-state index in [2.05, 4.69) is 45.2 Å². The van der Waals surface area contributed by atoms with Crippen LogP contribution in [0.15, 0.2) is 0 Å². The zero-order valence-electron chi connectivity index (χ0n) is 8.07. The van der Waals surface area contributed by atoms with Gasteiger partial charge in [-0.2, -0.15) is 0 Å². The fraction of sp³-hybridized carbons (Fsp3) is 1.00. The predicted octanol–water partition coefficient (Wildman–Crippen LogP) is 4.44. The molecule has 2 saturated carbocycles. The molecule has 2 aliphatic rings. The molecule has 2 rings (SSSR count). The molecule has 2 heteroatoms. The largest absolute Gasteiger partial charge is 0.0864 e. The van der Waals surface area contributed by atoms with Crippen molar-refractivity contribution in [3.05, 3.63) is 0 Å². The Morgan fingerprint density at radius 3 is 2.69 bits per heavy atom. The van der Waals surface area contributed by atoms with Crippen LogP contribution in [0.1, 0.15) is 38.5 Å². The summed E-state index contributed by atoms with van der Waals surface area (Å²) in [5, 5.41) is 0. The summed E-state index contributed by atoms with van der Waals surface area (Å²) in [4.78, 5) is 0. The van der Waals surface area contributed by atoms with Gasteiger partial charge in [-0.3, -0.25) is 0 Å². The topological polar surface area (TPSA) is 0 Å². The van der Waals surface area contributed by atoms with E-state index >= 15 is 0 Å². The van der Waals surface area contributed by atoms with Crippen molar-refractivity contribution < 1.29 is 0 Å². The van der Waals surface area contributed by atoms with Crippen LogP contribution in [-0.2, 0) is 0 Å². The van der Waals surface area contributed by atoms with E-state index in [1.807, 2.05) is 0 Å². The van der Waals surface area contributed by atoms with Gasteiger partial charge in [0, 0.05) is 8.86 Å². The maximum atomic E-state index is 2.64. The third-order valence-electron chi connectivity index (χ3n) is 4.20. The Labute approximate surface area is 109 Å².